The van der Waals surface area contributed by atoms with Crippen molar-refractivity contribution in [3.05, 3.63) is 60.1 Å². The van der Waals surface area contributed by atoms with E-state index >= 15 is 0 Å². The third-order valence-corrected chi connectivity index (χ3v) is 2.97. The Morgan fingerprint density at radius 2 is 2.20 bits per heavy atom. The van der Waals surface area contributed by atoms with Crippen molar-refractivity contribution in [2.75, 3.05) is 5.73 Å². The first-order valence-electron chi connectivity index (χ1n) is 6.19. The number of fused-ring (bicyclic) bond motifs is 1. The zero-order valence-electron chi connectivity index (χ0n) is 10.7. The number of hydrogen-bond donors (Lipinski definition) is 2. The molecule has 3 aromatic rings. The number of carbonyl (C=O) groups is 1. The van der Waals surface area contributed by atoms with E-state index in [4.69, 9.17) is 10.2 Å². The third kappa shape index (κ3) is 2.33. The SMILES string of the molecule is Nc1cccc2cc(C(=O)NCc3cccnc3)oc12. The largest absolute Gasteiger partial charge is 0.449 e. The fourth-order valence-electron chi connectivity index (χ4n) is 1.97. The zero-order chi connectivity index (χ0) is 13.9. The molecular weight excluding hydrogens is 254 g/mol. The number of pyridine rings is 1. The van der Waals surface area contributed by atoms with Crippen LogP contribution in [0.1, 0.15) is 16.1 Å². The summed E-state index contributed by atoms with van der Waals surface area (Å²) in [7, 11) is 0. The van der Waals surface area contributed by atoms with Gasteiger partial charge < -0.3 is 15.5 Å². The van der Waals surface area contributed by atoms with Gasteiger partial charge in [-0.1, -0.05) is 18.2 Å². The number of furan rings is 1. The molecule has 2 heterocycles. The number of para-hydroxylation sites is 1. The van der Waals surface area contributed by atoms with Gasteiger partial charge in [0.15, 0.2) is 11.3 Å². The molecule has 0 spiro atoms. The van der Waals surface area contributed by atoms with Gasteiger partial charge in [0.25, 0.3) is 5.91 Å². The Morgan fingerprint density at radius 1 is 1.30 bits per heavy atom. The van der Waals surface area contributed by atoms with Crippen LogP contribution >= 0.6 is 0 Å². The summed E-state index contributed by atoms with van der Waals surface area (Å²) in [6.07, 6.45) is 3.39. The average molecular weight is 267 g/mol. The molecule has 1 amide bonds. The highest BCUT2D eigenvalue weighted by atomic mass is 16.3. The second-order valence-corrected chi connectivity index (χ2v) is 4.42. The molecule has 0 aliphatic carbocycles. The van der Waals surface area contributed by atoms with Crippen molar-refractivity contribution >= 4 is 22.6 Å². The number of hydrogen-bond acceptors (Lipinski definition) is 4. The second kappa shape index (κ2) is 5.05. The quantitative estimate of drug-likeness (QED) is 0.714. The van der Waals surface area contributed by atoms with Crippen LogP contribution in [0, 0.1) is 0 Å². The number of nitrogens with two attached hydrogens (primary N) is 1. The van der Waals surface area contributed by atoms with Crippen molar-refractivity contribution in [2.24, 2.45) is 0 Å². The Kier molecular flexibility index (Phi) is 3.09. The topological polar surface area (TPSA) is 81.2 Å². The molecule has 2 aromatic heterocycles. The molecule has 0 fully saturated rings. The maximum absolute atomic E-state index is 12.0. The van der Waals surface area contributed by atoms with Gasteiger partial charge in [0, 0.05) is 24.3 Å². The van der Waals surface area contributed by atoms with Crippen molar-refractivity contribution in [3.63, 3.8) is 0 Å². The van der Waals surface area contributed by atoms with Crippen molar-refractivity contribution < 1.29 is 9.21 Å². The molecule has 20 heavy (non-hydrogen) atoms. The number of nitrogen functional groups attached to an aromatic ring is 1. The van der Waals surface area contributed by atoms with E-state index in [0.717, 1.165) is 10.9 Å². The average Bonchev–Trinajstić information content (AvgIpc) is 2.91. The van der Waals surface area contributed by atoms with Crippen molar-refractivity contribution in [1.82, 2.24) is 10.3 Å². The molecule has 0 atom stereocenters. The number of amides is 1. The van der Waals surface area contributed by atoms with E-state index in [2.05, 4.69) is 10.3 Å². The summed E-state index contributed by atoms with van der Waals surface area (Å²) in [6, 6.07) is 10.8. The number of benzene rings is 1. The molecule has 3 rings (SSSR count). The molecule has 5 heteroatoms. The number of anilines is 1. The van der Waals surface area contributed by atoms with E-state index in [1.807, 2.05) is 24.3 Å². The number of rotatable bonds is 3. The molecule has 0 saturated heterocycles. The second-order valence-electron chi connectivity index (χ2n) is 4.42. The first-order valence-corrected chi connectivity index (χ1v) is 6.19. The fourth-order valence-corrected chi connectivity index (χ4v) is 1.97. The maximum Gasteiger partial charge on any atom is 0.287 e. The van der Waals surface area contributed by atoms with Gasteiger partial charge in [0.1, 0.15) is 0 Å². The van der Waals surface area contributed by atoms with Crippen LogP contribution < -0.4 is 11.1 Å². The van der Waals surface area contributed by atoms with Gasteiger partial charge in [-0.25, -0.2) is 0 Å². The minimum absolute atomic E-state index is 0.252. The fraction of sp³-hybridized carbons (Fsp3) is 0.0667. The summed E-state index contributed by atoms with van der Waals surface area (Å²) in [5, 5.41) is 3.60. The molecule has 1 aromatic carbocycles. The highest BCUT2D eigenvalue weighted by Gasteiger charge is 2.13. The van der Waals surface area contributed by atoms with E-state index in [0.29, 0.717) is 17.8 Å². The van der Waals surface area contributed by atoms with Crippen LogP contribution in [-0.2, 0) is 6.54 Å². The van der Waals surface area contributed by atoms with Crippen LogP contribution in [0.25, 0.3) is 11.0 Å². The van der Waals surface area contributed by atoms with Crippen LogP contribution in [0.2, 0.25) is 0 Å². The van der Waals surface area contributed by atoms with Gasteiger partial charge in [-0.2, -0.15) is 0 Å². The summed E-state index contributed by atoms with van der Waals surface area (Å²) >= 11 is 0. The van der Waals surface area contributed by atoms with E-state index in [9.17, 15) is 4.79 Å². The maximum atomic E-state index is 12.0. The highest BCUT2D eigenvalue weighted by Crippen LogP contribution is 2.24. The molecule has 0 aliphatic heterocycles. The molecule has 0 bridgehead atoms. The first-order chi connectivity index (χ1) is 9.74. The lowest BCUT2D eigenvalue weighted by Crippen LogP contribution is -2.22. The lowest BCUT2D eigenvalue weighted by molar-refractivity contribution is 0.0925. The molecule has 0 radical (unpaired) electrons. The minimum atomic E-state index is -0.274. The first kappa shape index (κ1) is 12.2. The molecule has 0 aliphatic rings. The third-order valence-electron chi connectivity index (χ3n) is 2.97. The van der Waals surface area contributed by atoms with Crippen LogP contribution in [0.4, 0.5) is 5.69 Å². The Labute approximate surface area is 115 Å². The molecule has 100 valence electrons. The molecule has 0 unspecified atom stereocenters. The van der Waals surface area contributed by atoms with Crippen molar-refractivity contribution in [1.29, 1.82) is 0 Å². The minimum Gasteiger partial charge on any atom is -0.449 e. The Bertz CT molecular complexity index is 750. The van der Waals surface area contributed by atoms with E-state index in [-0.39, 0.29) is 11.7 Å². The molecule has 0 saturated carbocycles. The zero-order valence-corrected chi connectivity index (χ0v) is 10.7. The standard InChI is InChI=1S/C15H13N3O2/c16-12-5-1-4-11-7-13(20-14(11)12)15(19)18-9-10-3-2-6-17-8-10/h1-8H,9,16H2,(H,18,19). The lowest BCUT2D eigenvalue weighted by atomic mass is 10.2. The number of nitrogens with one attached hydrogen (secondary N) is 1. The van der Waals surface area contributed by atoms with E-state index in [1.165, 1.54) is 0 Å². The lowest BCUT2D eigenvalue weighted by Gasteiger charge is -2.02. The molecule has 5 nitrogen and oxygen atoms in total. The summed E-state index contributed by atoms with van der Waals surface area (Å²) in [6.45, 7) is 0.402. The van der Waals surface area contributed by atoms with Crippen molar-refractivity contribution in [3.8, 4) is 0 Å². The van der Waals surface area contributed by atoms with Crippen LogP contribution in [0.5, 0.6) is 0 Å². The highest BCUT2D eigenvalue weighted by molar-refractivity contribution is 5.98. The Balaban J connectivity index is 1.77. The number of carbonyl (C=O) groups excluding carboxylic acids is 1. The molecule has 3 N–H and O–H groups in total. The molecular formula is C15H13N3O2. The van der Waals surface area contributed by atoms with Gasteiger partial charge in [-0.05, 0) is 23.8 Å². The Morgan fingerprint density at radius 3 is 2.95 bits per heavy atom. The van der Waals surface area contributed by atoms with Gasteiger partial charge in [-0.15, -0.1) is 0 Å². The normalized spacial score (nSPS) is 10.6. The van der Waals surface area contributed by atoms with Crippen LogP contribution in [-0.4, -0.2) is 10.9 Å². The number of aromatic nitrogens is 1. The summed E-state index contributed by atoms with van der Waals surface area (Å²) < 4.78 is 5.50. The van der Waals surface area contributed by atoms with Gasteiger partial charge in [-0.3, -0.25) is 9.78 Å². The predicted molar refractivity (Wildman–Crippen MR) is 76.0 cm³/mol. The van der Waals surface area contributed by atoms with Crippen molar-refractivity contribution in [2.45, 2.75) is 6.54 Å². The van der Waals surface area contributed by atoms with Gasteiger partial charge in [0.2, 0.25) is 0 Å². The Hall–Kier alpha value is -2.82. The van der Waals surface area contributed by atoms with Gasteiger partial charge in [0.05, 0.1) is 5.69 Å². The summed E-state index contributed by atoms with van der Waals surface area (Å²) in [5.74, 6) is -0.0220. The van der Waals surface area contributed by atoms with Crippen LogP contribution in [0.3, 0.4) is 0 Å². The van der Waals surface area contributed by atoms with Gasteiger partial charge >= 0.3 is 0 Å². The summed E-state index contributed by atoms with van der Waals surface area (Å²) in [4.78, 5) is 16.0. The monoisotopic (exact) mass is 267 g/mol. The predicted octanol–water partition coefficient (Wildman–Crippen LogP) is 2.34. The van der Waals surface area contributed by atoms with E-state index in [1.54, 1.807) is 24.5 Å². The van der Waals surface area contributed by atoms with Crippen LogP contribution in [0.15, 0.2) is 53.2 Å². The smallest absolute Gasteiger partial charge is 0.287 e. The number of nitrogens with zero attached hydrogens (tertiary/aromatic N) is 1. The van der Waals surface area contributed by atoms with E-state index < -0.39 is 0 Å². The summed E-state index contributed by atoms with van der Waals surface area (Å²) in [5.41, 5.74) is 7.79.